The second-order valence-corrected chi connectivity index (χ2v) is 7.00. The van der Waals surface area contributed by atoms with E-state index in [1.165, 1.54) is 43.5 Å². The van der Waals surface area contributed by atoms with E-state index in [1.807, 2.05) is 6.92 Å². The van der Waals surface area contributed by atoms with Crippen molar-refractivity contribution in [3.63, 3.8) is 0 Å². The monoisotopic (exact) mass is 420 g/mol. The van der Waals surface area contributed by atoms with Gasteiger partial charge in [0.05, 0.1) is 12.5 Å². The SMILES string of the molecule is CCCCCc1cc2ccc(C(F)=C(F)c3ccc(OC)cc3)c(F)c2c(F)c1F. The number of fused-ring (bicyclic) bond motifs is 1. The van der Waals surface area contributed by atoms with Gasteiger partial charge in [-0.3, -0.25) is 0 Å². The van der Waals surface area contributed by atoms with Gasteiger partial charge in [0.2, 0.25) is 0 Å². The molecule has 0 aromatic heterocycles. The normalized spacial score (nSPS) is 12.2. The molecule has 0 radical (unpaired) electrons. The van der Waals surface area contributed by atoms with Crippen LogP contribution in [0.3, 0.4) is 0 Å². The first kappa shape index (κ1) is 21.8. The number of methoxy groups -OCH3 is 1. The minimum Gasteiger partial charge on any atom is -0.497 e. The Morgan fingerprint density at radius 1 is 0.833 bits per heavy atom. The second-order valence-electron chi connectivity index (χ2n) is 7.00. The van der Waals surface area contributed by atoms with Gasteiger partial charge in [0, 0.05) is 11.1 Å². The molecule has 30 heavy (non-hydrogen) atoms. The van der Waals surface area contributed by atoms with Gasteiger partial charge in [0.1, 0.15) is 11.6 Å². The van der Waals surface area contributed by atoms with E-state index in [0.717, 1.165) is 18.9 Å². The first-order valence-electron chi connectivity index (χ1n) is 9.68. The smallest absolute Gasteiger partial charge is 0.169 e. The highest BCUT2D eigenvalue weighted by Gasteiger charge is 2.22. The molecule has 0 bridgehead atoms. The lowest BCUT2D eigenvalue weighted by atomic mass is 9.98. The molecule has 0 aliphatic heterocycles. The highest BCUT2D eigenvalue weighted by atomic mass is 19.2. The number of ether oxygens (including phenoxy) is 1. The Labute approximate surface area is 171 Å². The molecule has 0 saturated carbocycles. The van der Waals surface area contributed by atoms with Crippen LogP contribution in [-0.2, 0) is 6.42 Å². The number of hydrogen-bond acceptors (Lipinski definition) is 1. The summed E-state index contributed by atoms with van der Waals surface area (Å²) in [6.07, 6.45) is 2.76. The molecule has 6 heteroatoms. The molecule has 0 heterocycles. The minimum atomic E-state index is -1.49. The van der Waals surface area contributed by atoms with E-state index in [0.29, 0.717) is 18.6 Å². The largest absolute Gasteiger partial charge is 0.497 e. The maximum Gasteiger partial charge on any atom is 0.169 e. The summed E-state index contributed by atoms with van der Waals surface area (Å²) in [6.45, 7) is 1.99. The van der Waals surface area contributed by atoms with E-state index < -0.39 is 40.1 Å². The average Bonchev–Trinajstić information content (AvgIpc) is 2.76. The minimum absolute atomic E-state index is 0.0966. The molecule has 0 aliphatic carbocycles. The van der Waals surface area contributed by atoms with E-state index in [9.17, 15) is 22.0 Å². The van der Waals surface area contributed by atoms with Gasteiger partial charge in [0.15, 0.2) is 23.3 Å². The number of unbranched alkanes of at least 4 members (excludes halogenated alkanes) is 2. The highest BCUT2D eigenvalue weighted by molar-refractivity contribution is 5.91. The van der Waals surface area contributed by atoms with E-state index in [4.69, 9.17) is 4.74 Å². The molecule has 0 atom stereocenters. The molecule has 0 aliphatic rings. The molecule has 0 N–H and O–H groups in total. The third-order valence-electron chi connectivity index (χ3n) is 5.02. The molecule has 0 fully saturated rings. The lowest BCUT2D eigenvalue weighted by molar-refractivity contribution is 0.414. The van der Waals surface area contributed by atoms with Crippen LogP contribution in [0, 0.1) is 17.5 Å². The van der Waals surface area contributed by atoms with E-state index >= 15 is 0 Å². The standard InChI is InChI=1S/C24H21F5O/c1-3-4-5-6-16-13-15-9-12-18(22(27)19(15)24(29)21(16)26)23(28)20(25)14-7-10-17(30-2)11-8-14/h7-13H,3-6H2,1-2H3. The van der Waals surface area contributed by atoms with Crippen LogP contribution in [0.15, 0.2) is 42.5 Å². The zero-order valence-electron chi connectivity index (χ0n) is 16.7. The third-order valence-corrected chi connectivity index (χ3v) is 5.02. The van der Waals surface area contributed by atoms with Crippen LogP contribution in [0.5, 0.6) is 5.75 Å². The maximum absolute atomic E-state index is 14.9. The fraction of sp³-hybridized carbons (Fsp3) is 0.250. The van der Waals surface area contributed by atoms with Crippen molar-refractivity contribution in [1.82, 2.24) is 0 Å². The number of aryl methyl sites for hydroxylation is 1. The molecular weight excluding hydrogens is 399 g/mol. The molecule has 3 aromatic carbocycles. The fourth-order valence-electron chi connectivity index (χ4n) is 3.34. The first-order valence-corrected chi connectivity index (χ1v) is 9.68. The third kappa shape index (κ3) is 4.18. The van der Waals surface area contributed by atoms with Crippen molar-refractivity contribution in [3.05, 3.63) is 76.6 Å². The Morgan fingerprint density at radius 3 is 2.17 bits per heavy atom. The van der Waals surface area contributed by atoms with Crippen LogP contribution in [0.4, 0.5) is 22.0 Å². The van der Waals surface area contributed by atoms with Crippen molar-refractivity contribution >= 4 is 22.4 Å². The average molecular weight is 420 g/mol. The molecule has 3 aromatic rings. The van der Waals surface area contributed by atoms with Crippen molar-refractivity contribution in [2.24, 2.45) is 0 Å². The molecule has 1 nitrogen and oxygen atoms in total. The van der Waals surface area contributed by atoms with Crippen LogP contribution >= 0.6 is 0 Å². The van der Waals surface area contributed by atoms with Crippen molar-refractivity contribution in [2.75, 3.05) is 7.11 Å². The van der Waals surface area contributed by atoms with Crippen LogP contribution < -0.4 is 4.74 Å². The number of benzene rings is 3. The molecule has 3 rings (SSSR count). The summed E-state index contributed by atoms with van der Waals surface area (Å²) >= 11 is 0. The fourth-order valence-corrected chi connectivity index (χ4v) is 3.34. The van der Waals surface area contributed by atoms with Gasteiger partial charge >= 0.3 is 0 Å². The number of hydrogen-bond donors (Lipinski definition) is 0. The predicted molar refractivity (Wildman–Crippen MR) is 109 cm³/mol. The summed E-state index contributed by atoms with van der Waals surface area (Å²) in [5, 5.41) is -0.596. The van der Waals surface area contributed by atoms with Gasteiger partial charge in [-0.1, -0.05) is 25.8 Å². The second kappa shape index (κ2) is 9.28. The van der Waals surface area contributed by atoms with Gasteiger partial charge in [-0.05, 0) is 60.2 Å². The van der Waals surface area contributed by atoms with Crippen molar-refractivity contribution < 1.29 is 26.7 Å². The van der Waals surface area contributed by atoms with Crippen LogP contribution in [0.1, 0.15) is 42.9 Å². The highest BCUT2D eigenvalue weighted by Crippen LogP contribution is 2.35. The Kier molecular flexibility index (Phi) is 6.75. The van der Waals surface area contributed by atoms with E-state index in [1.54, 1.807) is 0 Å². The Balaban J connectivity index is 2.07. The van der Waals surface area contributed by atoms with Crippen LogP contribution in [0.2, 0.25) is 0 Å². The van der Waals surface area contributed by atoms with Crippen molar-refractivity contribution in [2.45, 2.75) is 32.6 Å². The Hall–Kier alpha value is -2.89. The van der Waals surface area contributed by atoms with Gasteiger partial charge in [-0.2, -0.15) is 0 Å². The maximum atomic E-state index is 14.9. The summed E-state index contributed by atoms with van der Waals surface area (Å²) in [7, 11) is 1.43. The summed E-state index contributed by atoms with van der Waals surface area (Å²) in [6, 6.07) is 9.05. The number of halogens is 5. The zero-order valence-corrected chi connectivity index (χ0v) is 16.7. The molecule has 0 amide bonds. The summed E-state index contributed by atoms with van der Waals surface area (Å²) in [4.78, 5) is 0. The van der Waals surface area contributed by atoms with Gasteiger partial charge in [0.25, 0.3) is 0 Å². The van der Waals surface area contributed by atoms with Gasteiger partial charge < -0.3 is 4.74 Å². The number of rotatable bonds is 7. The van der Waals surface area contributed by atoms with Crippen LogP contribution in [0.25, 0.3) is 22.4 Å². The topological polar surface area (TPSA) is 9.23 Å². The van der Waals surface area contributed by atoms with E-state index in [-0.39, 0.29) is 16.5 Å². The molecular formula is C24H21F5O. The summed E-state index contributed by atoms with van der Waals surface area (Å²) in [5.41, 5.74) is -0.764. The Bertz CT molecular complexity index is 1090. The molecule has 0 spiro atoms. The van der Waals surface area contributed by atoms with Crippen molar-refractivity contribution in [3.8, 4) is 5.75 Å². The zero-order chi connectivity index (χ0) is 21.8. The van der Waals surface area contributed by atoms with Crippen LogP contribution in [-0.4, -0.2) is 7.11 Å². The summed E-state index contributed by atoms with van der Waals surface area (Å²) in [5.74, 6) is -6.26. The lowest BCUT2D eigenvalue weighted by Crippen LogP contribution is -2.00. The first-order chi connectivity index (χ1) is 14.4. The summed E-state index contributed by atoms with van der Waals surface area (Å²) < 4.78 is 78.2. The molecule has 158 valence electrons. The molecule has 0 saturated heterocycles. The predicted octanol–water partition coefficient (Wildman–Crippen LogP) is 7.76. The van der Waals surface area contributed by atoms with Gasteiger partial charge in [-0.25, -0.2) is 22.0 Å². The Morgan fingerprint density at radius 2 is 1.53 bits per heavy atom. The molecule has 0 unspecified atom stereocenters. The lowest BCUT2D eigenvalue weighted by Gasteiger charge is -2.11. The van der Waals surface area contributed by atoms with Gasteiger partial charge in [-0.15, -0.1) is 0 Å². The van der Waals surface area contributed by atoms with E-state index in [2.05, 4.69) is 0 Å². The van der Waals surface area contributed by atoms with Crippen molar-refractivity contribution in [1.29, 1.82) is 0 Å². The quantitative estimate of drug-likeness (QED) is 0.216.